The highest BCUT2D eigenvalue weighted by Crippen LogP contribution is 2.40. The highest BCUT2D eigenvalue weighted by Gasteiger charge is 2.57. The Hall–Kier alpha value is -1.26. The van der Waals surface area contributed by atoms with Gasteiger partial charge >= 0.3 is 6.18 Å². The quantitative estimate of drug-likeness (QED) is 0.495. The predicted molar refractivity (Wildman–Crippen MR) is 74.6 cm³/mol. The molecule has 0 amide bonds. The summed E-state index contributed by atoms with van der Waals surface area (Å²) in [5, 5.41) is 19.4. The first-order valence-electron chi connectivity index (χ1n) is 5.36. The lowest BCUT2D eigenvalue weighted by molar-refractivity contribution is -0.245. The van der Waals surface area contributed by atoms with Gasteiger partial charge in [-0.3, -0.25) is 5.41 Å². The Labute approximate surface area is 120 Å². The van der Waals surface area contributed by atoms with Gasteiger partial charge in [-0.25, -0.2) is 4.99 Å². The first-order chi connectivity index (χ1) is 9.12. The van der Waals surface area contributed by atoms with Crippen LogP contribution in [0.15, 0.2) is 11.1 Å². The first-order valence-corrected chi connectivity index (χ1v) is 7.16. The van der Waals surface area contributed by atoms with Gasteiger partial charge in [-0.2, -0.15) is 13.2 Å². The molecule has 10 heteroatoms. The van der Waals surface area contributed by atoms with Crippen LogP contribution in [0.4, 0.5) is 18.9 Å². The highest BCUT2D eigenvalue weighted by atomic mass is 32.2. The molecule has 1 aliphatic rings. The minimum Gasteiger partial charge on any atom is -0.383 e. The molecule has 5 N–H and O–H groups in total. The lowest BCUT2D eigenvalue weighted by Crippen LogP contribution is -2.43. The normalized spacial score (nSPS) is 22.8. The molecule has 110 valence electrons. The van der Waals surface area contributed by atoms with Gasteiger partial charge in [-0.1, -0.05) is 11.8 Å². The number of amidine groups is 2. The summed E-state index contributed by atoms with van der Waals surface area (Å²) < 4.78 is 37.8. The van der Waals surface area contributed by atoms with Crippen LogP contribution in [0.3, 0.4) is 0 Å². The van der Waals surface area contributed by atoms with E-state index in [9.17, 15) is 18.3 Å². The summed E-state index contributed by atoms with van der Waals surface area (Å²) in [5.41, 5.74) is 2.82. The molecule has 1 aromatic rings. The van der Waals surface area contributed by atoms with Crippen molar-refractivity contribution in [2.24, 2.45) is 10.7 Å². The van der Waals surface area contributed by atoms with E-state index in [1.54, 1.807) is 13.0 Å². The third-order valence-corrected chi connectivity index (χ3v) is 4.67. The van der Waals surface area contributed by atoms with E-state index < -0.39 is 17.7 Å². The van der Waals surface area contributed by atoms with Crippen molar-refractivity contribution in [2.45, 2.75) is 18.8 Å². The Bertz CT molecular complexity index is 584. The molecule has 1 aliphatic heterocycles. The minimum absolute atomic E-state index is 0.0131. The second-order valence-corrected chi connectivity index (χ2v) is 6.36. The lowest BCUT2D eigenvalue weighted by Gasteiger charge is -2.20. The number of nitrogens with two attached hydrogens (primary N) is 1. The summed E-state index contributed by atoms with van der Waals surface area (Å²) >= 11 is 2.04. The molecule has 5 nitrogen and oxygen atoms in total. The second kappa shape index (κ2) is 4.93. The molecule has 0 radical (unpaired) electrons. The zero-order valence-electron chi connectivity index (χ0n) is 10.2. The zero-order valence-corrected chi connectivity index (χ0v) is 11.8. The fourth-order valence-electron chi connectivity index (χ4n) is 1.46. The average Bonchev–Trinajstić information content (AvgIpc) is 2.84. The number of hydrogen-bond acceptors (Lipinski definition) is 6. The van der Waals surface area contributed by atoms with Gasteiger partial charge in [0.2, 0.25) is 0 Å². The van der Waals surface area contributed by atoms with Crippen molar-refractivity contribution >= 4 is 39.8 Å². The van der Waals surface area contributed by atoms with E-state index in [0.717, 1.165) is 16.6 Å². The topological polar surface area (TPSA) is 94.5 Å². The van der Waals surface area contributed by atoms with Gasteiger partial charge in [0.15, 0.2) is 5.17 Å². The summed E-state index contributed by atoms with van der Waals surface area (Å²) in [5.74, 6) is -0.694. The van der Waals surface area contributed by atoms with Crippen LogP contribution in [0, 0.1) is 12.3 Å². The molecule has 1 aromatic heterocycles. The van der Waals surface area contributed by atoms with Gasteiger partial charge < -0.3 is 16.2 Å². The van der Waals surface area contributed by atoms with E-state index >= 15 is 0 Å². The number of aliphatic imine (C=N–C) groups is 1. The number of hydrogen-bond donors (Lipinski definition) is 4. The fourth-order valence-corrected chi connectivity index (χ4v) is 3.27. The largest absolute Gasteiger partial charge is 0.439 e. The maximum absolute atomic E-state index is 12.6. The van der Waals surface area contributed by atoms with Crippen LogP contribution in [0.25, 0.3) is 0 Å². The Morgan fingerprint density at radius 3 is 2.70 bits per heavy atom. The molecule has 0 aromatic carbocycles. The Morgan fingerprint density at radius 1 is 1.60 bits per heavy atom. The molecule has 1 unspecified atom stereocenters. The molecule has 0 saturated carbocycles. The number of aliphatic hydroxyl groups is 1. The number of halogens is 3. The van der Waals surface area contributed by atoms with Crippen molar-refractivity contribution in [1.82, 2.24) is 0 Å². The first kappa shape index (κ1) is 15.1. The SMILES string of the molecule is Cc1sc(C(=N)N)cc1NC1=NC(O)(C(F)(F)F)CS1. The number of rotatable bonds is 2. The van der Waals surface area contributed by atoms with Crippen LogP contribution in [-0.4, -0.2) is 33.8 Å². The molecule has 0 aliphatic carbocycles. The van der Waals surface area contributed by atoms with Crippen molar-refractivity contribution in [1.29, 1.82) is 5.41 Å². The molecule has 2 heterocycles. The number of thiophene rings is 1. The van der Waals surface area contributed by atoms with E-state index in [0.29, 0.717) is 10.6 Å². The summed E-state index contributed by atoms with van der Waals surface area (Å²) in [6.07, 6.45) is -4.81. The van der Waals surface area contributed by atoms with Crippen LogP contribution >= 0.6 is 23.1 Å². The van der Waals surface area contributed by atoms with Crippen molar-refractivity contribution in [3.05, 3.63) is 15.8 Å². The monoisotopic (exact) mass is 324 g/mol. The van der Waals surface area contributed by atoms with Crippen LogP contribution in [0.5, 0.6) is 0 Å². The summed E-state index contributed by atoms with van der Waals surface area (Å²) in [7, 11) is 0. The molecular formula is C10H11F3N4OS2. The molecule has 0 saturated heterocycles. The second-order valence-electron chi connectivity index (χ2n) is 4.14. The van der Waals surface area contributed by atoms with Crippen LogP contribution in [0.1, 0.15) is 9.75 Å². The molecule has 1 atom stereocenters. The Kier molecular flexibility index (Phi) is 3.73. The number of thioether (sulfide) groups is 1. The van der Waals surface area contributed by atoms with Gasteiger partial charge in [0.1, 0.15) is 5.84 Å². The fraction of sp³-hybridized carbons (Fsp3) is 0.400. The number of aryl methyl sites for hydroxylation is 1. The number of nitrogens with zero attached hydrogens (tertiary/aromatic N) is 1. The van der Waals surface area contributed by atoms with E-state index in [4.69, 9.17) is 11.1 Å². The summed E-state index contributed by atoms with van der Waals surface area (Å²) in [6, 6.07) is 1.57. The average molecular weight is 324 g/mol. The standard InChI is InChI=1S/C10H11F3N4OS2/c1-4-5(2-6(20-4)7(14)15)16-8-17-9(18,3-19-8)10(11,12)13/h2,18H,3H2,1H3,(H3,14,15)(H,16,17). The van der Waals surface area contributed by atoms with Gasteiger partial charge in [-0.05, 0) is 13.0 Å². The number of nitrogen functional groups attached to an aromatic ring is 1. The third kappa shape index (κ3) is 2.76. The molecule has 0 fully saturated rings. The molecule has 0 bridgehead atoms. The van der Waals surface area contributed by atoms with E-state index in [1.165, 1.54) is 11.3 Å². The summed E-state index contributed by atoms with van der Waals surface area (Å²) in [6.45, 7) is 1.75. The number of alkyl halides is 3. The Morgan fingerprint density at radius 2 is 2.25 bits per heavy atom. The zero-order chi connectivity index (χ0) is 15.1. The van der Waals surface area contributed by atoms with Crippen LogP contribution < -0.4 is 11.1 Å². The molecule has 2 rings (SSSR count). The highest BCUT2D eigenvalue weighted by molar-refractivity contribution is 8.14. The van der Waals surface area contributed by atoms with Crippen molar-refractivity contribution in [3.63, 3.8) is 0 Å². The third-order valence-electron chi connectivity index (χ3n) is 2.58. The van der Waals surface area contributed by atoms with Gasteiger partial charge in [0, 0.05) is 4.88 Å². The Balaban J connectivity index is 2.20. The number of nitrogens with one attached hydrogen (secondary N) is 2. The summed E-state index contributed by atoms with van der Waals surface area (Å²) in [4.78, 5) is 4.58. The van der Waals surface area contributed by atoms with Gasteiger partial charge in [0.25, 0.3) is 5.72 Å². The number of anilines is 1. The van der Waals surface area contributed by atoms with Gasteiger partial charge in [0.05, 0.1) is 16.3 Å². The molecular weight excluding hydrogens is 313 g/mol. The van der Waals surface area contributed by atoms with Crippen molar-refractivity contribution < 1.29 is 18.3 Å². The molecule has 0 spiro atoms. The van der Waals surface area contributed by atoms with Crippen molar-refractivity contribution in [2.75, 3.05) is 11.1 Å². The maximum Gasteiger partial charge on any atom is 0.439 e. The smallest absolute Gasteiger partial charge is 0.383 e. The lowest BCUT2D eigenvalue weighted by atomic mass is 10.3. The molecule has 20 heavy (non-hydrogen) atoms. The minimum atomic E-state index is -4.81. The van der Waals surface area contributed by atoms with Crippen LogP contribution in [-0.2, 0) is 0 Å². The van der Waals surface area contributed by atoms with E-state index in [-0.39, 0.29) is 11.0 Å². The maximum atomic E-state index is 12.6. The van der Waals surface area contributed by atoms with Gasteiger partial charge in [-0.15, -0.1) is 11.3 Å². The van der Waals surface area contributed by atoms with Crippen molar-refractivity contribution in [3.8, 4) is 0 Å². The van der Waals surface area contributed by atoms with Crippen LogP contribution in [0.2, 0.25) is 0 Å². The van der Waals surface area contributed by atoms with E-state index in [2.05, 4.69) is 10.3 Å². The predicted octanol–water partition coefficient (Wildman–Crippen LogP) is 2.11. The van der Waals surface area contributed by atoms with E-state index in [1.807, 2.05) is 0 Å².